The van der Waals surface area contributed by atoms with Crippen LogP contribution in [0.3, 0.4) is 0 Å². The smallest absolute Gasteiger partial charge is 0.163 e. The fourth-order valence-corrected chi connectivity index (χ4v) is 2.77. The quantitative estimate of drug-likeness (QED) is 0.812. The second-order valence-corrected chi connectivity index (χ2v) is 5.62. The van der Waals surface area contributed by atoms with Gasteiger partial charge in [0.1, 0.15) is 11.5 Å². The molecule has 2 aromatic carbocycles. The lowest BCUT2D eigenvalue weighted by atomic mass is 9.86. The number of phenols is 2. The molecule has 23 heavy (non-hydrogen) atoms. The molecular formula is C20H18O3. The van der Waals surface area contributed by atoms with E-state index < -0.39 is 0 Å². The van der Waals surface area contributed by atoms with E-state index in [4.69, 9.17) is 0 Å². The molecule has 0 spiro atoms. The van der Waals surface area contributed by atoms with Gasteiger partial charge in [-0.1, -0.05) is 36.4 Å². The van der Waals surface area contributed by atoms with Crippen molar-refractivity contribution in [2.75, 3.05) is 0 Å². The van der Waals surface area contributed by atoms with Gasteiger partial charge in [-0.05, 0) is 42.7 Å². The minimum Gasteiger partial charge on any atom is -0.507 e. The van der Waals surface area contributed by atoms with E-state index in [2.05, 4.69) is 0 Å². The van der Waals surface area contributed by atoms with Gasteiger partial charge >= 0.3 is 0 Å². The Morgan fingerprint density at radius 1 is 0.783 bits per heavy atom. The Kier molecular flexibility index (Phi) is 4.29. The standard InChI is InChI=1S/C20H18O3/c21-18-9-3-1-6-15(18)12-14-8-5-11-20(23)17(14)13-16-7-2-4-10-19(16)22/h1-4,6-7,9-10,12-13,21-22H,5,8,11H2. The minimum atomic E-state index is 0.0705. The maximum absolute atomic E-state index is 12.3. The summed E-state index contributed by atoms with van der Waals surface area (Å²) in [6.45, 7) is 0. The number of allylic oxidation sites excluding steroid dienone is 2. The van der Waals surface area contributed by atoms with E-state index in [-0.39, 0.29) is 17.3 Å². The van der Waals surface area contributed by atoms with Crippen molar-refractivity contribution in [1.82, 2.24) is 0 Å². The van der Waals surface area contributed by atoms with Crippen LogP contribution in [0.15, 0.2) is 59.7 Å². The number of para-hydroxylation sites is 2. The lowest BCUT2D eigenvalue weighted by Crippen LogP contribution is -2.11. The Balaban J connectivity index is 2.06. The highest BCUT2D eigenvalue weighted by Gasteiger charge is 2.20. The number of rotatable bonds is 2. The van der Waals surface area contributed by atoms with Crippen molar-refractivity contribution in [3.05, 3.63) is 70.8 Å². The van der Waals surface area contributed by atoms with Crippen LogP contribution in [0.1, 0.15) is 30.4 Å². The molecule has 1 fully saturated rings. The Morgan fingerprint density at radius 2 is 1.35 bits per heavy atom. The molecule has 2 aromatic rings. The second-order valence-electron chi connectivity index (χ2n) is 5.62. The molecule has 0 aliphatic heterocycles. The number of ketones is 1. The van der Waals surface area contributed by atoms with E-state index in [1.165, 1.54) is 0 Å². The molecule has 116 valence electrons. The Labute approximate surface area is 135 Å². The summed E-state index contributed by atoms with van der Waals surface area (Å²) in [5.74, 6) is 0.418. The molecule has 1 aliphatic carbocycles. The first kappa shape index (κ1) is 15.1. The number of Topliss-reactive ketones (excluding diaryl/α,β-unsaturated/α-hetero) is 1. The Hall–Kier alpha value is -2.81. The Morgan fingerprint density at radius 3 is 1.96 bits per heavy atom. The molecule has 0 amide bonds. The molecule has 1 aliphatic rings. The monoisotopic (exact) mass is 306 g/mol. The van der Waals surface area contributed by atoms with Crippen LogP contribution < -0.4 is 0 Å². The van der Waals surface area contributed by atoms with E-state index in [0.29, 0.717) is 23.1 Å². The molecule has 3 heteroatoms. The molecule has 3 rings (SSSR count). The highest BCUT2D eigenvalue weighted by molar-refractivity contribution is 6.06. The third-order valence-corrected chi connectivity index (χ3v) is 4.00. The van der Waals surface area contributed by atoms with Crippen LogP contribution in [-0.2, 0) is 4.79 Å². The first-order valence-electron chi connectivity index (χ1n) is 7.67. The zero-order valence-corrected chi connectivity index (χ0v) is 12.7. The maximum Gasteiger partial charge on any atom is 0.163 e. The van der Waals surface area contributed by atoms with Gasteiger partial charge in [-0.25, -0.2) is 0 Å². The van der Waals surface area contributed by atoms with Crippen LogP contribution >= 0.6 is 0 Å². The van der Waals surface area contributed by atoms with Crippen molar-refractivity contribution in [2.24, 2.45) is 0 Å². The molecule has 0 aromatic heterocycles. The molecular weight excluding hydrogens is 288 g/mol. The van der Waals surface area contributed by atoms with Crippen LogP contribution in [0.2, 0.25) is 0 Å². The van der Waals surface area contributed by atoms with E-state index in [9.17, 15) is 15.0 Å². The minimum absolute atomic E-state index is 0.0705. The number of hydrogen-bond acceptors (Lipinski definition) is 3. The molecule has 0 saturated heterocycles. The maximum atomic E-state index is 12.3. The largest absolute Gasteiger partial charge is 0.507 e. The van der Waals surface area contributed by atoms with Gasteiger partial charge in [0.05, 0.1) is 0 Å². The van der Waals surface area contributed by atoms with Crippen molar-refractivity contribution in [3.8, 4) is 11.5 Å². The molecule has 1 saturated carbocycles. The van der Waals surface area contributed by atoms with Gasteiger partial charge in [-0.3, -0.25) is 4.79 Å². The molecule has 0 unspecified atom stereocenters. The Bertz CT molecular complexity index is 800. The summed E-state index contributed by atoms with van der Waals surface area (Å²) in [7, 11) is 0. The van der Waals surface area contributed by atoms with Gasteiger partial charge in [0.15, 0.2) is 5.78 Å². The fourth-order valence-electron chi connectivity index (χ4n) is 2.77. The van der Waals surface area contributed by atoms with E-state index in [1.807, 2.05) is 24.3 Å². The molecule has 0 radical (unpaired) electrons. The zero-order valence-electron chi connectivity index (χ0n) is 12.7. The fraction of sp³-hybridized carbons (Fsp3) is 0.150. The summed E-state index contributed by atoms with van der Waals surface area (Å²) in [4.78, 5) is 12.3. The number of benzene rings is 2. The van der Waals surface area contributed by atoms with Crippen LogP contribution in [0, 0.1) is 0 Å². The van der Waals surface area contributed by atoms with Crippen LogP contribution in [0.4, 0.5) is 0 Å². The molecule has 0 atom stereocenters. The average Bonchev–Trinajstić information content (AvgIpc) is 2.54. The average molecular weight is 306 g/mol. The highest BCUT2D eigenvalue weighted by Crippen LogP contribution is 2.32. The highest BCUT2D eigenvalue weighted by atomic mass is 16.3. The summed E-state index contributed by atoms with van der Waals surface area (Å²) in [5.41, 5.74) is 2.83. The van der Waals surface area contributed by atoms with Gasteiger partial charge in [0, 0.05) is 23.1 Å². The normalized spacial score (nSPS) is 18.5. The van der Waals surface area contributed by atoms with Crippen molar-refractivity contribution in [2.45, 2.75) is 19.3 Å². The van der Waals surface area contributed by atoms with Crippen LogP contribution in [0.5, 0.6) is 11.5 Å². The van der Waals surface area contributed by atoms with Gasteiger partial charge in [0.2, 0.25) is 0 Å². The topological polar surface area (TPSA) is 57.5 Å². The van der Waals surface area contributed by atoms with Crippen molar-refractivity contribution < 1.29 is 15.0 Å². The number of phenolic OH excluding ortho intramolecular Hbond substituents is 2. The number of hydrogen-bond donors (Lipinski definition) is 2. The summed E-state index contributed by atoms with van der Waals surface area (Å²) in [6, 6.07) is 14.0. The number of aromatic hydroxyl groups is 2. The molecule has 0 bridgehead atoms. The summed E-state index contributed by atoms with van der Waals surface area (Å²) < 4.78 is 0. The zero-order chi connectivity index (χ0) is 16.2. The number of carbonyl (C=O) groups excluding carboxylic acids is 1. The molecule has 0 heterocycles. The van der Waals surface area contributed by atoms with Gasteiger partial charge < -0.3 is 10.2 Å². The summed E-state index contributed by atoms with van der Waals surface area (Å²) >= 11 is 0. The SMILES string of the molecule is O=C1CCCC(=Cc2ccccc2O)C1=Cc1ccccc1O. The summed E-state index contributed by atoms with van der Waals surface area (Å²) in [5, 5.41) is 19.9. The first-order valence-corrected chi connectivity index (χ1v) is 7.67. The van der Waals surface area contributed by atoms with Gasteiger partial charge in [0.25, 0.3) is 0 Å². The van der Waals surface area contributed by atoms with Crippen molar-refractivity contribution in [1.29, 1.82) is 0 Å². The van der Waals surface area contributed by atoms with Gasteiger partial charge in [-0.15, -0.1) is 0 Å². The third-order valence-electron chi connectivity index (χ3n) is 4.00. The van der Waals surface area contributed by atoms with E-state index >= 15 is 0 Å². The molecule has 2 N–H and O–H groups in total. The van der Waals surface area contributed by atoms with Crippen LogP contribution in [-0.4, -0.2) is 16.0 Å². The predicted molar refractivity (Wildman–Crippen MR) is 91.0 cm³/mol. The van der Waals surface area contributed by atoms with E-state index in [0.717, 1.165) is 18.4 Å². The summed E-state index contributed by atoms with van der Waals surface area (Å²) in [6.07, 6.45) is 5.69. The third kappa shape index (κ3) is 3.34. The van der Waals surface area contributed by atoms with E-state index in [1.54, 1.807) is 36.4 Å². The first-order chi connectivity index (χ1) is 11.1. The predicted octanol–water partition coefficient (Wildman–Crippen LogP) is 4.32. The lowest BCUT2D eigenvalue weighted by Gasteiger charge is -2.18. The second kappa shape index (κ2) is 6.53. The van der Waals surface area contributed by atoms with Crippen molar-refractivity contribution >= 4 is 17.9 Å². The van der Waals surface area contributed by atoms with Gasteiger partial charge in [-0.2, -0.15) is 0 Å². The van der Waals surface area contributed by atoms with Crippen molar-refractivity contribution in [3.63, 3.8) is 0 Å². The lowest BCUT2D eigenvalue weighted by molar-refractivity contribution is -0.115. The molecule has 3 nitrogen and oxygen atoms in total. The van der Waals surface area contributed by atoms with Crippen LogP contribution in [0.25, 0.3) is 12.2 Å². The number of carbonyl (C=O) groups is 1.